The molecule has 96 valence electrons. The Morgan fingerprint density at radius 2 is 2.00 bits per heavy atom. The van der Waals surface area contributed by atoms with Gasteiger partial charge in [0.1, 0.15) is 0 Å². The van der Waals surface area contributed by atoms with Crippen LogP contribution in [0.15, 0.2) is 42.5 Å². The van der Waals surface area contributed by atoms with Crippen molar-refractivity contribution in [2.24, 2.45) is 5.92 Å². The number of hydrogen-bond acceptors (Lipinski definition) is 1. The Hall–Kier alpha value is -1.77. The number of rotatable bonds is 4. The third kappa shape index (κ3) is 4.24. The van der Waals surface area contributed by atoms with Crippen LogP contribution in [0.25, 0.3) is 0 Å². The topological polar surface area (TPSA) is 41.1 Å². The molecule has 2 amide bonds. The molecule has 1 aromatic rings. The largest absolute Gasteiger partial charge is 0.338 e. The maximum Gasteiger partial charge on any atom is 0.315 e. The van der Waals surface area contributed by atoms with Crippen molar-refractivity contribution in [3.05, 3.63) is 48.0 Å². The molecule has 0 aromatic heterocycles. The second-order valence-electron chi connectivity index (χ2n) is 4.70. The summed E-state index contributed by atoms with van der Waals surface area (Å²) in [7, 11) is 0. The van der Waals surface area contributed by atoms with Crippen LogP contribution in [-0.4, -0.2) is 12.6 Å². The molecule has 1 aliphatic rings. The number of hydrogen-bond donors (Lipinski definition) is 2. The molecule has 0 radical (unpaired) electrons. The van der Waals surface area contributed by atoms with Crippen LogP contribution >= 0.6 is 0 Å². The zero-order valence-electron chi connectivity index (χ0n) is 10.6. The Bertz CT molecular complexity index is 400. The second kappa shape index (κ2) is 6.84. The first kappa shape index (κ1) is 12.7. The summed E-state index contributed by atoms with van der Waals surface area (Å²) < 4.78 is 0. The molecule has 0 saturated carbocycles. The van der Waals surface area contributed by atoms with Gasteiger partial charge in [-0.1, -0.05) is 42.5 Å². The molecule has 0 fully saturated rings. The van der Waals surface area contributed by atoms with Crippen LogP contribution in [0.1, 0.15) is 24.8 Å². The van der Waals surface area contributed by atoms with Gasteiger partial charge in [-0.05, 0) is 30.7 Å². The van der Waals surface area contributed by atoms with Crippen LogP contribution in [0.2, 0.25) is 0 Å². The van der Waals surface area contributed by atoms with Gasteiger partial charge >= 0.3 is 6.03 Å². The Labute approximate surface area is 108 Å². The van der Waals surface area contributed by atoms with E-state index in [0.29, 0.717) is 12.5 Å². The van der Waals surface area contributed by atoms with Crippen molar-refractivity contribution in [2.75, 3.05) is 6.54 Å². The van der Waals surface area contributed by atoms with E-state index in [9.17, 15) is 4.79 Å². The maximum atomic E-state index is 11.6. The molecule has 0 aliphatic heterocycles. The van der Waals surface area contributed by atoms with Crippen LogP contribution in [0, 0.1) is 5.92 Å². The number of allylic oxidation sites excluding steroid dienone is 2. The molecule has 3 nitrogen and oxygen atoms in total. The third-order valence-electron chi connectivity index (χ3n) is 3.22. The Kier molecular flexibility index (Phi) is 4.82. The number of carbonyl (C=O) groups excluding carboxylic acids is 1. The van der Waals surface area contributed by atoms with Gasteiger partial charge in [0.2, 0.25) is 0 Å². The van der Waals surface area contributed by atoms with Crippen molar-refractivity contribution in [1.82, 2.24) is 10.6 Å². The van der Waals surface area contributed by atoms with E-state index in [1.165, 1.54) is 6.42 Å². The summed E-state index contributed by atoms with van der Waals surface area (Å²) in [5, 5.41) is 5.81. The highest BCUT2D eigenvalue weighted by Gasteiger charge is 2.10. The van der Waals surface area contributed by atoms with E-state index in [0.717, 1.165) is 24.9 Å². The van der Waals surface area contributed by atoms with Gasteiger partial charge < -0.3 is 10.6 Å². The van der Waals surface area contributed by atoms with Gasteiger partial charge in [0.05, 0.1) is 0 Å². The Morgan fingerprint density at radius 3 is 2.72 bits per heavy atom. The maximum absolute atomic E-state index is 11.6. The minimum atomic E-state index is -0.0755. The standard InChI is InChI=1S/C15H20N2O/c18-15(16-11-13-7-3-1-4-8-13)17-12-14-9-5-2-6-10-14/h1-5,7-8,14H,6,9-12H2,(H2,16,17,18). The van der Waals surface area contributed by atoms with Crippen molar-refractivity contribution in [3.8, 4) is 0 Å². The average molecular weight is 244 g/mol. The van der Waals surface area contributed by atoms with E-state index in [1.54, 1.807) is 0 Å². The Morgan fingerprint density at radius 1 is 1.17 bits per heavy atom. The smallest absolute Gasteiger partial charge is 0.315 e. The number of urea groups is 1. The van der Waals surface area contributed by atoms with E-state index in [1.807, 2.05) is 30.3 Å². The fraction of sp³-hybridized carbons (Fsp3) is 0.400. The summed E-state index contributed by atoms with van der Waals surface area (Å²) in [5.74, 6) is 0.595. The first-order valence-electron chi connectivity index (χ1n) is 6.55. The molecule has 18 heavy (non-hydrogen) atoms. The van der Waals surface area contributed by atoms with E-state index in [4.69, 9.17) is 0 Å². The van der Waals surface area contributed by atoms with Crippen molar-refractivity contribution in [3.63, 3.8) is 0 Å². The summed E-state index contributed by atoms with van der Waals surface area (Å²) in [5.41, 5.74) is 1.12. The average Bonchev–Trinajstić information content (AvgIpc) is 2.45. The molecule has 1 aliphatic carbocycles. The third-order valence-corrected chi connectivity index (χ3v) is 3.22. The normalized spacial score (nSPS) is 18.3. The van der Waals surface area contributed by atoms with E-state index in [2.05, 4.69) is 22.8 Å². The van der Waals surface area contributed by atoms with E-state index < -0.39 is 0 Å². The molecule has 3 heteroatoms. The summed E-state index contributed by atoms with van der Waals surface area (Å²) in [6, 6.07) is 9.86. The summed E-state index contributed by atoms with van der Waals surface area (Å²) in [6.07, 6.45) is 7.82. The van der Waals surface area contributed by atoms with Crippen LogP contribution in [0.4, 0.5) is 4.79 Å². The van der Waals surface area contributed by atoms with Gasteiger partial charge in [0.15, 0.2) is 0 Å². The van der Waals surface area contributed by atoms with Gasteiger partial charge in [-0.15, -0.1) is 0 Å². The van der Waals surface area contributed by atoms with E-state index in [-0.39, 0.29) is 6.03 Å². The first-order valence-corrected chi connectivity index (χ1v) is 6.55. The molecule has 1 aromatic carbocycles. The van der Waals surface area contributed by atoms with Gasteiger partial charge in [0, 0.05) is 13.1 Å². The minimum Gasteiger partial charge on any atom is -0.338 e. The van der Waals surface area contributed by atoms with Gasteiger partial charge in [-0.3, -0.25) is 0 Å². The lowest BCUT2D eigenvalue weighted by molar-refractivity contribution is 0.238. The molecule has 0 bridgehead atoms. The number of carbonyl (C=O) groups is 1. The van der Waals surface area contributed by atoms with E-state index >= 15 is 0 Å². The monoisotopic (exact) mass is 244 g/mol. The van der Waals surface area contributed by atoms with Crippen LogP contribution < -0.4 is 10.6 Å². The SMILES string of the molecule is O=C(NCc1ccccc1)NCC1CC=CCC1. The predicted octanol–water partition coefficient (Wildman–Crippen LogP) is 2.84. The molecule has 0 saturated heterocycles. The molecule has 0 heterocycles. The highest BCUT2D eigenvalue weighted by molar-refractivity contribution is 5.73. The Balaban J connectivity index is 1.64. The van der Waals surface area contributed by atoms with Crippen molar-refractivity contribution >= 4 is 6.03 Å². The highest BCUT2D eigenvalue weighted by atomic mass is 16.2. The molecule has 1 unspecified atom stereocenters. The summed E-state index contributed by atoms with van der Waals surface area (Å²) in [6.45, 7) is 1.35. The zero-order chi connectivity index (χ0) is 12.6. The fourth-order valence-electron chi connectivity index (χ4n) is 2.12. The number of benzene rings is 1. The lowest BCUT2D eigenvalue weighted by Gasteiger charge is -2.18. The van der Waals surface area contributed by atoms with Gasteiger partial charge in [0.25, 0.3) is 0 Å². The van der Waals surface area contributed by atoms with Gasteiger partial charge in [-0.2, -0.15) is 0 Å². The molecule has 2 rings (SSSR count). The lowest BCUT2D eigenvalue weighted by atomic mass is 9.94. The van der Waals surface area contributed by atoms with Gasteiger partial charge in [-0.25, -0.2) is 4.79 Å². The molecular formula is C15H20N2O. The van der Waals surface area contributed by atoms with Crippen molar-refractivity contribution in [2.45, 2.75) is 25.8 Å². The zero-order valence-corrected chi connectivity index (χ0v) is 10.6. The summed E-state index contributed by atoms with van der Waals surface area (Å²) >= 11 is 0. The quantitative estimate of drug-likeness (QED) is 0.786. The molecular weight excluding hydrogens is 224 g/mol. The fourth-order valence-corrected chi connectivity index (χ4v) is 2.12. The van der Waals surface area contributed by atoms with Crippen LogP contribution in [0.5, 0.6) is 0 Å². The van der Waals surface area contributed by atoms with Crippen molar-refractivity contribution in [1.29, 1.82) is 0 Å². The molecule has 2 N–H and O–H groups in total. The number of amides is 2. The van der Waals surface area contributed by atoms with Crippen LogP contribution in [-0.2, 0) is 6.54 Å². The molecule has 0 spiro atoms. The second-order valence-corrected chi connectivity index (χ2v) is 4.70. The first-order chi connectivity index (χ1) is 8.84. The minimum absolute atomic E-state index is 0.0755. The predicted molar refractivity (Wildman–Crippen MR) is 73.2 cm³/mol. The van der Waals surface area contributed by atoms with Crippen LogP contribution in [0.3, 0.4) is 0 Å². The van der Waals surface area contributed by atoms with Crippen molar-refractivity contribution < 1.29 is 4.79 Å². The number of nitrogens with one attached hydrogen (secondary N) is 2. The lowest BCUT2D eigenvalue weighted by Crippen LogP contribution is -2.38. The highest BCUT2D eigenvalue weighted by Crippen LogP contribution is 2.16. The molecule has 1 atom stereocenters. The summed E-state index contributed by atoms with van der Waals surface area (Å²) in [4.78, 5) is 11.6.